The fraction of sp³-hybridized carbons (Fsp3) is 0.150. The van der Waals surface area contributed by atoms with Gasteiger partial charge in [-0.15, -0.1) is 0 Å². The summed E-state index contributed by atoms with van der Waals surface area (Å²) in [6.07, 6.45) is 1.78. The minimum Gasteiger partial charge on any atom is -0.488 e. The van der Waals surface area contributed by atoms with Crippen LogP contribution in [0.5, 0.6) is 5.75 Å². The van der Waals surface area contributed by atoms with Gasteiger partial charge in [0.15, 0.2) is 0 Å². The molecule has 0 aliphatic heterocycles. The van der Waals surface area contributed by atoms with Crippen molar-refractivity contribution in [2.75, 3.05) is 6.61 Å². The molecule has 0 aromatic heterocycles. The zero-order valence-corrected chi connectivity index (χ0v) is 16.4. The Labute approximate surface area is 167 Å². The molecule has 142 valence electrons. The Kier molecular flexibility index (Phi) is 7.79. The minimum atomic E-state index is -0.940. The summed E-state index contributed by atoms with van der Waals surface area (Å²) in [5.74, 6) is -0.265. The van der Waals surface area contributed by atoms with E-state index in [4.69, 9.17) is 32.3 Å². The van der Waals surface area contributed by atoms with E-state index < -0.39 is 5.97 Å². The Hall–Kier alpha value is -2.41. The Morgan fingerprint density at radius 3 is 2.37 bits per heavy atom. The van der Waals surface area contributed by atoms with Gasteiger partial charge in [0.1, 0.15) is 12.4 Å². The maximum Gasteiger partial charge on any atom is 0.328 e. The van der Waals surface area contributed by atoms with Gasteiger partial charge in [-0.2, -0.15) is 0 Å². The van der Waals surface area contributed by atoms with Crippen molar-refractivity contribution in [3.05, 3.63) is 81.2 Å². The van der Waals surface area contributed by atoms with Gasteiger partial charge in [-0.1, -0.05) is 41.4 Å². The van der Waals surface area contributed by atoms with E-state index in [0.717, 1.165) is 28.6 Å². The number of rotatable bonds is 8. The third-order valence-electron chi connectivity index (χ3n) is 3.74. The van der Waals surface area contributed by atoms with E-state index in [1.807, 2.05) is 36.4 Å². The van der Waals surface area contributed by atoms with Gasteiger partial charge in [-0.05, 0) is 60.7 Å². The highest BCUT2D eigenvalue weighted by molar-refractivity contribution is 8.01. The Morgan fingerprint density at radius 1 is 1.19 bits per heavy atom. The van der Waals surface area contributed by atoms with Gasteiger partial charge in [0.2, 0.25) is 0 Å². The van der Waals surface area contributed by atoms with Crippen LogP contribution in [0.2, 0.25) is 5.02 Å². The lowest BCUT2D eigenvalue weighted by Crippen LogP contribution is -2.08. The smallest absolute Gasteiger partial charge is 0.328 e. The van der Waals surface area contributed by atoms with Crippen LogP contribution >= 0.6 is 23.5 Å². The largest absolute Gasteiger partial charge is 0.488 e. The molecule has 2 aromatic rings. The lowest BCUT2D eigenvalue weighted by Gasteiger charge is -2.12. The van der Waals surface area contributed by atoms with Gasteiger partial charge in [0, 0.05) is 11.1 Å². The summed E-state index contributed by atoms with van der Waals surface area (Å²) in [7, 11) is 0. The number of nitrogens with two attached hydrogens (primary N) is 2. The first-order chi connectivity index (χ1) is 12.9. The normalized spacial score (nSPS) is 12.5. The van der Waals surface area contributed by atoms with E-state index in [1.165, 1.54) is 6.08 Å². The molecule has 7 heteroatoms. The molecule has 0 aliphatic carbocycles. The molecule has 0 fully saturated rings. The predicted molar refractivity (Wildman–Crippen MR) is 111 cm³/mol. The number of carboxylic acid groups (broad SMARTS) is 1. The summed E-state index contributed by atoms with van der Waals surface area (Å²) >= 11 is 6.94. The molecule has 0 spiro atoms. The topological polar surface area (TPSA) is 98.6 Å². The second-order valence-electron chi connectivity index (χ2n) is 5.90. The zero-order chi connectivity index (χ0) is 19.8. The van der Waals surface area contributed by atoms with Crippen LogP contribution in [0, 0.1) is 0 Å². The minimum absolute atomic E-state index is 0.243. The van der Waals surface area contributed by atoms with Crippen molar-refractivity contribution in [2.24, 2.45) is 10.9 Å². The van der Waals surface area contributed by atoms with Crippen molar-refractivity contribution in [1.82, 2.24) is 0 Å². The molecule has 27 heavy (non-hydrogen) atoms. The molecule has 0 bridgehead atoms. The van der Waals surface area contributed by atoms with E-state index in [0.29, 0.717) is 27.8 Å². The maximum absolute atomic E-state index is 10.7. The molecule has 0 unspecified atom stereocenters. The maximum atomic E-state index is 10.7. The van der Waals surface area contributed by atoms with Gasteiger partial charge in [-0.25, -0.2) is 4.79 Å². The van der Waals surface area contributed by atoms with Crippen molar-refractivity contribution in [3.8, 4) is 5.75 Å². The molecule has 0 saturated carbocycles. The molecule has 0 radical (unpaired) electrons. The van der Waals surface area contributed by atoms with Crippen molar-refractivity contribution >= 4 is 35.2 Å². The summed E-state index contributed by atoms with van der Waals surface area (Å²) in [4.78, 5) is 11.4. The number of carboxylic acids is 1. The molecule has 0 heterocycles. The Balaban J connectivity index is 2.03. The molecule has 5 N–H and O–H groups in total. The van der Waals surface area contributed by atoms with Crippen LogP contribution in [0.1, 0.15) is 18.1 Å². The van der Waals surface area contributed by atoms with E-state index in [9.17, 15) is 4.79 Å². The number of carbonyl (C=O) groups is 1. The molecule has 2 aromatic carbocycles. The lowest BCUT2D eigenvalue weighted by atomic mass is 10.1. The Bertz CT molecular complexity index is 847. The highest BCUT2D eigenvalue weighted by atomic mass is 35.5. The first kappa shape index (κ1) is 20.9. The van der Waals surface area contributed by atoms with Gasteiger partial charge >= 0.3 is 5.97 Å². The number of aliphatic carboxylic acids is 1. The number of halogens is 1. The average Bonchev–Trinajstić information content (AvgIpc) is 2.63. The molecule has 5 nitrogen and oxygen atoms in total. The van der Waals surface area contributed by atoms with Crippen LogP contribution in [0.4, 0.5) is 0 Å². The summed E-state index contributed by atoms with van der Waals surface area (Å²) in [5.41, 5.74) is 9.33. The number of hydrogen-bond acceptors (Lipinski definition) is 5. The molecule has 0 amide bonds. The van der Waals surface area contributed by atoms with E-state index in [-0.39, 0.29) is 6.61 Å². The second-order valence-corrected chi connectivity index (χ2v) is 7.06. The van der Waals surface area contributed by atoms with Gasteiger partial charge in [0.05, 0.1) is 10.6 Å². The number of allylic oxidation sites excluding steroid dienone is 1. The van der Waals surface area contributed by atoms with Gasteiger partial charge < -0.3 is 15.6 Å². The predicted octanol–water partition coefficient (Wildman–Crippen LogP) is 4.23. The van der Waals surface area contributed by atoms with Crippen molar-refractivity contribution in [2.45, 2.75) is 13.3 Å². The van der Waals surface area contributed by atoms with Crippen molar-refractivity contribution in [1.29, 1.82) is 0 Å². The van der Waals surface area contributed by atoms with Crippen LogP contribution in [-0.2, 0) is 11.2 Å². The number of ether oxygens (including phenoxy) is 1. The first-order valence-corrected chi connectivity index (χ1v) is 9.38. The monoisotopic (exact) mass is 404 g/mol. The molecule has 0 saturated heterocycles. The standard InChI is InChI=1S/C20H21ClN2O3S/c1-13(11-19(24)25)10-14-2-8-17(9-3-14)26-12-18(27-23)20(22)15-4-6-16(21)7-5-15/h2-9,11H,10,12,22-23H2,1H3,(H,24,25)/b13-11+,20-18-. The lowest BCUT2D eigenvalue weighted by molar-refractivity contribution is -0.131. The summed E-state index contributed by atoms with van der Waals surface area (Å²) in [5, 5.41) is 15.1. The second kappa shape index (κ2) is 10.1. The quantitative estimate of drug-likeness (QED) is 0.450. The van der Waals surface area contributed by atoms with Crippen molar-refractivity contribution < 1.29 is 14.6 Å². The third kappa shape index (κ3) is 6.67. The van der Waals surface area contributed by atoms with Gasteiger partial charge in [0.25, 0.3) is 0 Å². The number of hydrogen-bond donors (Lipinski definition) is 3. The highest BCUT2D eigenvalue weighted by Gasteiger charge is 2.08. The summed E-state index contributed by atoms with van der Waals surface area (Å²) < 4.78 is 5.78. The SMILES string of the molecule is C/C(=C\C(=O)O)Cc1ccc(OC/C(SN)=C(/N)c2ccc(Cl)cc2)cc1. The van der Waals surface area contributed by atoms with Crippen LogP contribution in [0.15, 0.2) is 65.1 Å². The summed E-state index contributed by atoms with van der Waals surface area (Å²) in [6.45, 7) is 2.03. The first-order valence-electron chi connectivity index (χ1n) is 8.12. The zero-order valence-electron chi connectivity index (χ0n) is 14.8. The van der Waals surface area contributed by atoms with Crippen LogP contribution in [0.25, 0.3) is 5.70 Å². The van der Waals surface area contributed by atoms with E-state index >= 15 is 0 Å². The molecule has 0 aliphatic rings. The molecule has 0 atom stereocenters. The molecular formula is C20H21ClN2O3S. The fourth-order valence-electron chi connectivity index (χ4n) is 2.40. The molecular weight excluding hydrogens is 384 g/mol. The fourth-order valence-corrected chi connectivity index (χ4v) is 2.90. The summed E-state index contributed by atoms with van der Waals surface area (Å²) in [6, 6.07) is 14.7. The molecule has 2 rings (SSSR count). The average molecular weight is 405 g/mol. The van der Waals surface area contributed by atoms with E-state index in [2.05, 4.69) is 0 Å². The number of benzene rings is 2. The van der Waals surface area contributed by atoms with Crippen molar-refractivity contribution in [3.63, 3.8) is 0 Å². The van der Waals surface area contributed by atoms with Crippen LogP contribution in [-0.4, -0.2) is 17.7 Å². The van der Waals surface area contributed by atoms with E-state index in [1.54, 1.807) is 19.1 Å². The third-order valence-corrected chi connectivity index (χ3v) is 4.62. The van der Waals surface area contributed by atoms with Gasteiger partial charge in [-0.3, -0.25) is 5.14 Å². The highest BCUT2D eigenvalue weighted by Crippen LogP contribution is 2.23. The Morgan fingerprint density at radius 2 is 1.81 bits per heavy atom. The van der Waals surface area contributed by atoms with Crippen LogP contribution in [0.3, 0.4) is 0 Å². The van der Waals surface area contributed by atoms with Crippen LogP contribution < -0.4 is 15.6 Å².